The number of rotatable bonds is 6. The highest BCUT2D eigenvalue weighted by Crippen LogP contribution is 2.19. The summed E-state index contributed by atoms with van der Waals surface area (Å²) in [6.07, 6.45) is 0.284. The van der Waals surface area contributed by atoms with Crippen molar-refractivity contribution in [3.8, 4) is 0 Å². The fraction of sp³-hybridized carbons (Fsp3) is 0.235. The predicted molar refractivity (Wildman–Crippen MR) is 100 cm³/mol. The SMILES string of the molecule is C[C@@H](OC(=O)c1cccnc1Cl)C(=O)Nc1cccc(S(=O)(=O)N(C)C)c1. The van der Waals surface area contributed by atoms with E-state index in [1.165, 1.54) is 63.6 Å². The molecule has 0 spiro atoms. The van der Waals surface area contributed by atoms with Crippen molar-refractivity contribution in [3.63, 3.8) is 0 Å². The minimum absolute atomic E-state index is 0.0251. The van der Waals surface area contributed by atoms with Crippen LogP contribution in [0.5, 0.6) is 0 Å². The third-order valence-electron chi connectivity index (χ3n) is 3.51. The van der Waals surface area contributed by atoms with Crippen LogP contribution in [0.1, 0.15) is 17.3 Å². The van der Waals surface area contributed by atoms with E-state index in [1.54, 1.807) is 0 Å². The number of esters is 1. The molecule has 1 atom stereocenters. The van der Waals surface area contributed by atoms with Crippen molar-refractivity contribution < 1.29 is 22.7 Å². The molecule has 0 unspecified atom stereocenters. The second-order valence-corrected chi connectivity index (χ2v) is 8.20. The zero-order valence-electron chi connectivity index (χ0n) is 14.8. The first kappa shape index (κ1) is 20.8. The quantitative estimate of drug-likeness (QED) is 0.576. The number of amides is 1. The van der Waals surface area contributed by atoms with E-state index >= 15 is 0 Å². The normalized spacial score (nSPS) is 12.5. The number of hydrogen-bond acceptors (Lipinski definition) is 6. The highest BCUT2D eigenvalue weighted by atomic mass is 35.5. The van der Waals surface area contributed by atoms with Gasteiger partial charge in [0, 0.05) is 26.0 Å². The average molecular weight is 412 g/mol. The molecule has 0 saturated heterocycles. The van der Waals surface area contributed by atoms with Crippen LogP contribution in [0.3, 0.4) is 0 Å². The van der Waals surface area contributed by atoms with Crippen molar-refractivity contribution in [2.45, 2.75) is 17.9 Å². The average Bonchev–Trinajstić information content (AvgIpc) is 2.62. The number of pyridine rings is 1. The molecule has 1 aromatic carbocycles. The van der Waals surface area contributed by atoms with Crippen LogP contribution in [0.2, 0.25) is 5.15 Å². The molecule has 0 radical (unpaired) electrons. The third kappa shape index (κ3) is 5.03. The van der Waals surface area contributed by atoms with E-state index in [9.17, 15) is 18.0 Å². The molecule has 27 heavy (non-hydrogen) atoms. The van der Waals surface area contributed by atoms with E-state index in [0.717, 1.165) is 4.31 Å². The van der Waals surface area contributed by atoms with Gasteiger partial charge >= 0.3 is 5.97 Å². The third-order valence-corrected chi connectivity index (χ3v) is 5.62. The van der Waals surface area contributed by atoms with Crippen LogP contribution in [0, 0.1) is 0 Å². The van der Waals surface area contributed by atoms with E-state index in [0.29, 0.717) is 0 Å². The zero-order valence-corrected chi connectivity index (χ0v) is 16.4. The largest absolute Gasteiger partial charge is 0.449 e. The monoisotopic (exact) mass is 411 g/mol. The summed E-state index contributed by atoms with van der Waals surface area (Å²) in [5, 5.41) is 2.49. The summed E-state index contributed by atoms with van der Waals surface area (Å²) in [5.41, 5.74) is 0.295. The molecular weight excluding hydrogens is 394 g/mol. The van der Waals surface area contributed by atoms with Gasteiger partial charge in [0.1, 0.15) is 5.15 Å². The van der Waals surface area contributed by atoms with Crippen molar-refractivity contribution in [2.75, 3.05) is 19.4 Å². The van der Waals surface area contributed by atoms with Crippen LogP contribution >= 0.6 is 11.6 Å². The number of carbonyl (C=O) groups is 2. The Morgan fingerprint density at radius 3 is 2.56 bits per heavy atom. The number of nitrogens with one attached hydrogen (secondary N) is 1. The fourth-order valence-electron chi connectivity index (χ4n) is 2.00. The lowest BCUT2D eigenvalue weighted by Gasteiger charge is -2.15. The lowest BCUT2D eigenvalue weighted by molar-refractivity contribution is -0.123. The Labute approximate surface area is 162 Å². The zero-order chi connectivity index (χ0) is 20.2. The summed E-state index contributed by atoms with van der Waals surface area (Å²) >= 11 is 5.82. The van der Waals surface area contributed by atoms with E-state index in [-0.39, 0.29) is 21.3 Å². The summed E-state index contributed by atoms with van der Waals surface area (Å²) < 4.78 is 30.5. The van der Waals surface area contributed by atoms with E-state index < -0.39 is 28.0 Å². The fourth-order valence-corrected chi connectivity index (χ4v) is 3.15. The summed E-state index contributed by atoms with van der Waals surface area (Å²) in [7, 11) is -0.823. The van der Waals surface area contributed by atoms with Crippen molar-refractivity contribution in [2.24, 2.45) is 0 Å². The Morgan fingerprint density at radius 2 is 1.93 bits per heavy atom. The Kier molecular flexibility index (Phi) is 6.53. The summed E-state index contributed by atoms with van der Waals surface area (Å²) in [4.78, 5) is 28.1. The van der Waals surface area contributed by atoms with Gasteiger partial charge in [0.2, 0.25) is 10.0 Å². The standard InChI is InChI=1S/C17H18ClN3O5S/c1-11(26-17(23)14-8-5-9-19-15(14)18)16(22)20-12-6-4-7-13(10-12)27(24,25)21(2)3/h4-11H,1-3H3,(H,20,22)/t11-/m1/s1. The summed E-state index contributed by atoms with van der Waals surface area (Å²) in [5.74, 6) is -1.41. The minimum atomic E-state index is -3.64. The first-order valence-corrected chi connectivity index (χ1v) is 9.59. The summed E-state index contributed by atoms with van der Waals surface area (Å²) in [6, 6.07) is 8.71. The van der Waals surface area contributed by atoms with Crippen molar-refractivity contribution >= 4 is 39.2 Å². The number of carbonyl (C=O) groups excluding carboxylic acids is 2. The van der Waals surface area contributed by atoms with E-state index in [4.69, 9.17) is 16.3 Å². The smallest absolute Gasteiger partial charge is 0.342 e. The molecule has 2 rings (SSSR count). The number of sulfonamides is 1. The van der Waals surface area contributed by atoms with Crippen LogP contribution < -0.4 is 5.32 Å². The van der Waals surface area contributed by atoms with Gasteiger partial charge in [-0.05, 0) is 37.3 Å². The second-order valence-electron chi connectivity index (χ2n) is 5.69. The van der Waals surface area contributed by atoms with Crippen LogP contribution in [-0.4, -0.2) is 49.8 Å². The molecule has 1 heterocycles. The van der Waals surface area contributed by atoms with Gasteiger partial charge in [0.15, 0.2) is 6.10 Å². The maximum atomic E-state index is 12.3. The minimum Gasteiger partial charge on any atom is -0.449 e. The van der Waals surface area contributed by atoms with Gasteiger partial charge < -0.3 is 10.1 Å². The topological polar surface area (TPSA) is 106 Å². The van der Waals surface area contributed by atoms with Gasteiger partial charge in [-0.1, -0.05) is 17.7 Å². The van der Waals surface area contributed by atoms with Crippen molar-refractivity contribution in [1.29, 1.82) is 0 Å². The molecule has 1 aromatic heterocycles. The number of ether oxygens (including phenoxy) is 1. The van der Waals surface area contributed by atoms with Gasteiger partial charge in [-0.3, -0.25) is 4.79 Å². The number of halogens is 1. The molecule has 2 aromatic rings. The number of anilines is 1. The second kappa shape index (κ2) is 8.47. The molecule has 0 aliphatic rings. The van der Waals surface area contributed by atoms with E-state index in [2.05, 4.69) is 10.3 Å². The molecule has 144 valence electrons. The molecule has 0 saturated carbocycles. The van der Waals surface area contributed by atoms with Crippen LogP contribution in [0.15, 0.2) is 47.5 Å². The lowest BCUT2D eigenvalue weighted by Crippen LogP contribution is -2.30. The van der Waals surface area contributed by atoms with Gasteiger partial charge in [0.25, 0.3) is 5.91 Å². The molecule has 8 nitrogen and oxygen atoms in total. The van der Waals surface area contributed by atoms with Crippen LogP contribution in [0.25, 0.3) is 0 Å². The Balaban J connectivity index is 2.09. The molecule has 0 aliphatic carbocycles. The Bertz CT molecular complexity index is 963. The highest BCUT2D eigenvalue weighted by Gasteiger charge is 2.22. The maximum absolute atomic E-state index is 12.3. The maximum Gasteiger partial charge on any atom is 0.342 e. The molecular formula is C17H18ClN3O5S. The van der Waals surface area contributed by atoms with Crippen molar-refractivity contribution in [1.82, 2.24) is 9.29 Å². The molecule has 10 heteroatoms. The number of hydrogen-bond donors (Lipinski definition) is 1. The van der Waals surface area contributed by atoms with Gasteiger partial charge in [-0.2, -0.15) is 0 Å². The Hall–Kier alpha value is -2.49. The van der Waals surface area contributed by atoms with Gasteiger partial charge in [-0.25, -0.2) is 22.5 Å². The summed E-state index contributed by atoms with van der Waals surface area (Å²) in [6.45, 7) is 1.39. The van der Waals surface area contributed by atoms with Crippen LogP contribution in [0.4, 0.5) is 5.69 Å². The predicted octanol–water partition coefficient (Wildman–Crippen LogP) is 2.17. The van der Waals surface area contributed by atoms with Crippen LogP contribution in [-0.2, 0) is 19.6 Å². The van der Waals surface area contributed by atoms with Gasteiger partial charge in [0.05, 0.1) is 10.5 Å². The van der Waals surface area contributed by atoms with Crippen molar-refractivity contribution in [3.05, 3.63) is 53.3 Å². The molecule has 1 amide bonds. The van der Waals surface area contributed by atoms with E-state index in [1.807, 2.05) is 0 Å². The lowest BCUT2D eigenvalue weighted by atomic mass is 10.2. The molecule has 0 fully saturated rings. The number of aromatic nitrogens is 1. The molecule has 1 N–H and O–H groups in total. The number of nitrogens with zero attached hydrogens (tertiary/aromatic N) is 2. The first-order chi connectivity index (χ1) is 12.6. The highest BCUT2D eigenvalue weighted by molar-refractivity contribution is 7.89. The first-order valence-electron chi connectivity index (χ1n) is 7.78. The number of benzene rings is 1. The molecule has 0 bridgehead atoms. The van der Waals surface area contributed by atoms with Gasteiger partial charge in [-0.15, -0.1) is 0 Å². The Morgan fingerprint density at radius 1 is 1.22 bits per heavy atom. The molecule has 0 aliphatic heterocycles.